The normalized spacial score (nSPS) is 13.2. The molecule has 0 fully saturated rings. The summed E-state index contributed by atoms with van der Waals surface area (Å²) in [4.78, 5) is 36.6. The molecule has 0 aliphatic rings. The monoisotopic (exact) mass is 260 g/mol. The fourth-order valence-corrected chi connectivity index (χ4v) is 1.97. The zero-order chi connectivity index (χ0) is 7.71. The van der Waals surface area contributed by atoms with Crippen LogP contribution < -0.4 is 103 Å². The molecule has 0 radical (unpaired) electrons. The third-order valence-corrected chi connectivity index (χ3v) is 3.17. The number of hydrogen-bond donors (Lipinski definition) is 1. The molecule has 0 aliphatic carbocycles. The Hall–Kier alpha value is 3.26. The first-order valence-electron chi connectivity index (χ1n) is 1.75. The van der Waals surface area contributed by atoms with Gasteiger partial charge in [-0.15, -0.1) is 0 Å². The predicted octanol–water partition coefficient (Wildman–Crippen LogP) is -12.4. The summed E-state index contributed by atoms with van der Waals surface area (Å²) in [7, 11) is -10.0. The van der Waals surface area contributed by atoms with E-state index in [0.717, 1.165) is 0 Å². The Kier molecular flexibility index (Phi) is 27.0. The van der Waals surface area contributed by atoms with Gasteiger partial charge in [-0.3, -0.25) is 0 Å². The molecule has 64 valence electrons. The van der Waals surface area contributed by atoms with Crippen LogP contribution in [0.15, 0.2) is 0 Å². The molecule has 1 atom stereocenters. The standard InChI is InChI=1S/CH6O6P2.3Na.H2O/c2-8(3,4)1-9(5,6)7;;;;/h1H2,(H2,2,3,4)(H2,5,6,7);;;;1H2/q;3*+1;/p-3. The number of rotatable bonds is 2. The van der Waals surface area contributed by atoms with E-state index in [1.807, 2.05) is 0 Å². The first kappa shape index (κ1) is 29.9. The molecule has 3 N–H and O–H groups in total. The molecule has 0 aromatic rings. The van der Waals surface area contributed by atoms with E-state index in [1.165, 1.54) is 0 Å². The zero-order valence-corrected chi connectivity index (χ0v) is 15.4. The van der Waals surface area contributed by atoms with E-state index in [2.05, 4.69) is 0 Å². The molecule has 0 bridgehead atoms. The van der Waals surface area contributed by atoms with Gasteiger partial charge in [0.15, 0.2) is 0 Å². The van der Waals surface area contributed by atoms with Crippen LogP contribution in [0.1, 0.15) is 0 Å². The average molecular weight is 260 g/mol. The Morgan fingerprint density at radius 2 is 1.23 bits per heavy atom. The first-order chi connectivity index (χ1) is 3.71. The largest absolute Gasteiger partial charge is 1.00 e. The van der Waals surface area contributed by atoms with Crippen LogP contribution in [0.4, 0.5) is 0 Å². The molecular weight excluding hydrogens is 255 g/mol. The van der Waals surface area contributed by atoms with Crippen LogP contribution in [-0.4, -0.2) is 16.3 Å². The second-order valence-corrected chi connectivity index (χ2v) is 5.02. The second-order valence-electron chi connectivity index (χ2n) is 1.39. The van der Waals surface area contributed by atoms with Crippen LogP contribution in [0.5, 0.6) is 0 Å². The van der Waals surface area contributed by atoms with Crippen molar-refractivity contribution < 1.29 is 123 Å². The van der Waals surface area contributed by atoms with Crippen LogP contribution in [0.2, 0.25) is 0 Å². The molecule has 0 saturated carbocycles. The Morgan fingerprint density at radius 1 is 1.00 bits per heavy atom. The smallest absolute Gasteiger partial charge is 0.810 e. The third-order valence-electron chi connectivity index (χ3n) is 0.352. The van der Waals surface area contributed by atoms with Crippen molar-refractivity contribution in [1.82, 2.24) is 0 Å². The molecule has 0 spiro atoms. The maximum Gasteiger partial charge on any atom is 1.00 e. The minimum Gasteiger partial charge on any atom is -0.810 e. The van der Waals surface area contributed by atoms with Gasteiger partial charge in [-0.1, -0.05) is 7.60 Å². The molecular formula is CH5Na3O7P2. The van der Waals surface area contributed by atoms with Gasteiger partial charge in [0.05, 0.1) is 0 Å². The van der Waals surface area contributed by atoms with Crippen LogP contribution in [0.25, 0.3) is 0 Å². The van der Waals surface area contributed by atoms with E-state index in [1.54, 1.807) is 0 Å². The van der Waals surface area contributed by atoms with Crippen molar-refractivity contribution in [2.75, 3.05) is 5.90 Å². The van der Waals surface area contributed by atoms with E-state index < -0.39 is 21.1 Å². The topological polar surface area (TPSA) is 155 Å². The Labute approximate surface area is 142 Å². The molecule has 0 heterocycles. The summed E-state index contributed by atoms with van der Waals surface area (Å²) in [5, 5.41) is 0. The average Bonchev–Trinajstić information content (AvgIpc) is 1.14. The summed E-state index contributed by atoms with van der Waals surface area (Å²) < 4.78 is 19.2. The van der Waals surface area contributed by atoms with E-state index in [9.17, 15) is 23.8 Å². The molecule has 7 nitrogen and oxygen atoms in total. The molecule has 12 heteroatoms. The van der Waals surface area contributed by atoms with Crippen molar-refractivity contribution in [3.05, 3.63) is 0 Å². The zero-order valence-electron chi connectivity index (χ0n) is 7.59. The minimum absolute atomic E-state index is 0. The molecule has 0 aliphatic heterocycles. The maximum absolute atomic E-state index is 9.66. The van der Waals surface area contributed by atoms with Crippen molar-refractivity contribution in [3.63, 3.8) is 0 Å². The fraction of sp³-hybridized carbons (Fsp3) is 1.00. The molecule has 1 unspecified atom stereocenters. The maximum atomic E-state index is 9.66. The summed E-state index contributed by atoms with van der Waals surface area (Å²) in [5.74, 6) is -1.71. The van der Waals surface area contributed by atoms with Crippen LogP contribution in [-0.2, 0) is 9.13 Å². The Morgan fingerprint density at radius 3 is 1.23 bits per heavy atom. The van der Waals surface area contributed by atoms with E-state index >= 15 is 0 Å². The van der Waals surface area contributed by atoms with Gasteiger partial charge in [-0.25, -0.2) is 0 Å². The third kappa shape index (κ3) is 31.3. The minimum atomic E-state index is -5.11. The number of hydrogen-bond acceptors (Lipinski definition) is 5. The quantitative estimate of drug-likeness (QED) is 0.383. The SMILES string of the molecule is O.O=P([O-])([O-])CP(=O)([O-])O.[Na+].[Na+].[Na+]. The van der Waals surface area contributed by atoms with Gasteiger partial charge < -0.3 is 34.2 Å². The van der Waals surface area contributed by atoms with Gasteiger partial charge in [0, 0.05) is 5.90 Å². The fourth-order valence-electron chi connectivity index (χ4n) is 0.219. The second kappa shape index (κ2) is 11.7. The van der Waals surface area contributed by atoms with Gasteiger partial charge >= 0.3 is 88.7 Å². The summed E-state index contributed by atoms with van der Waals surface area (Å²) >= 11 is 0. The first-order valence-corrected chi connectivity index (χ1v) is 5.24. The Bertz CT molecular complexity index is 162. The van der Waals surface area contributed by atoms with Crippen LogP contribution in [0, 0.1) is 0 Å². The van der Waals surface area contributed by atoms with Crippen molar-refractivity contribution in [3.8, 4) is 0 Å². The van der Waals surface area contributed by atoms with Crippen LogP contribution in [0.3, 0.4) is 0 Å². The Balaban J connectivity index is -0.0000000533. The van der Waals surface area contributed by atoms with Crippen LogP contribution >= 0.6 is 15.2 Å². The van der Waals surface area contributed by atoms with Gasteiger partial charge in [-0.05, 0) is 0 Å². The van der Waals surface area contributed by atoms with Crippen molar-refractivity contribution >= 4 is 15.2 Å². The molecule has 0 amide bonds. The van der Waals surface area contributed by atoms with Crippen molar-refractivity contribution in [1.29, 1.82) is 0 Å². The molecule has 0 rings (SSSR count). The molecule has 13 heavy (non-hydrogen) atoms. The van der Waals surface area contributed by atoms with Gasteiger partial charge in [-0.2, -0.15) is 0 Å². The van der Waals surface area contributed by atoms with Gasteiger partial charge in [0.1, 0.15) is 7.60 Å². The summed E-state index contributed by atoms with van der Waals surface area (Å²) in [6.45, 7) is 0. The molecule has 0 aromatic heterocycles. The summed E-state index contributed by atoms with van der Waals surface area (Å²) in [6.07, 6.45) is 0. The van der Waals surface area contributed by atoms with E-state index in [4.69, 9.17) is 4.89 Å². The van der Waals surface area contributed by atoms with E-state index in [0.29, 0.717) is 0 Å². The van der Waals surface area contributed by atoms with Crippen molar-refractivity contribution in [2.24, 2.45) is 0 Å². The molecule has 0 aromatic carbocycles. The van der Waals surface area contributed by atoms with E-state index in [-0.39, 0.29) is 94.1 Å². The predicted molar refractivity (Wildman–Crippen MR) is 25.9 cm³/mol. The van der Waals surface area contributed by atoms with Crippen molar-refractivity contribution in [2.45, 2.75) is 0 Å². The summed E-state index contributed by atoms with van der Waals surface area (Å²) in [5.41, 5.74) is 0. The summed E-state index contributed by atoms with van der Waals surface area (Å²) in [6, 6.07) is 0. The van der Waals surface area contributed by atoms with Gasteiger partial charge in [0.25, 0.3) is 0 Å². The van der Waals surface area contributed by atoms with Gasteiger partial charge in [0.2, 0.25) is 0 Å². The molecule has 0 saturated heterocycles.